The minimum atomic E-state index is -0.976. The number of esters is 1. The summed E-state index contributed by atoms with van der Waals surface area (Å²) in [6, 6.07) is 0. The number of carbonyl (C=O) groups is 3. The summed E-state index contributed by atoms with van der Waals surface area (Å²) in [5, 5.41) is 13.3. The Kier molecular flexibility index (Phi) is 6.29. The minimum Gasteiger partial charge on any atom is -0.481 e. The van der Waals surface area contributed by atoms with Crippen molar-refractivity contribution >= 4 is 29.6 Å². The number of hydrogen-bond donors (Lipinski definition) is 2. The van der Waals surface area contributed by atoms with Crippen molar-refractivity contribution in [3.8, 4) is 0 Å². The lowest BCUT2D eigenvalue weighted by atomic mass is 9.78. The molecule has 4 atom stereocenters. The summed E-state index contributed by atoms with van der Waals surface area (Å²) in [7, 11) is 0. The molecule has 1 saturated carbocycles. The Morgan fingerprint density at radius 1 is 1.26 bits per heavy atom. The molecule has 1 amide bonds. The average Bonchev–Trinajstić information content (AvgIpc) is 2.99. The second-order valence-electron chi connectivity index (χ2n) is 7.45. The Labute approximate surface area is 163 Å². The van der Waals surface area contributed by atoms with E-state index in [1.165, 1.54) is 0 Å². The summed E-state index contributed by atoms with van der Waals surface area (Å²) in [5.41, 5.74) is 1.30. The van der Waals surface area contributed by atoms with Crippen molar-refractivity contribution in [3.05, 3.63) is 22.3 Å². The topological polar surface area (TPSA) is 92.7 Å². The summed E-state index contributed by atoms with van der Waals surface area (Å²) in [5.74, 6) is -2.95. The van der Waals surface area contributed by atoms with Gasteiger partial charge in [-0.1, -0.05) is 24.5 Å². The van der Waals surface area contributed by atoms with Crippen molar-refractivity contribution in [1.82, 2.24) is 5.32 Å². The van der Waals surface area contributed by atoms with Gasteiger partial charge in [-0.15, -0.1) is 11.8 Å². The van der Waals surface area contributed by atoms with Gasteiger partial charge in [0.2, 0.25) is 5.91 Å². The van der Waals surface area contributed by atoms with Crippen LogP contribution in [0, 0.1) is 17.8 Å². The van der Waals surface area contributed by atoms with Crippen LogP contribution in [0.4, 0.5) is 0 Å². The molecule has 2 N–H and O–H groups in total. The van der Waals surface area contributed by atoms with E-state index in [0.717, 1.165) is 31.3 Å². The number of allylic oxidation sites excluding steroid dienone is 1. The molecule has 148 valence electrons. The van der Waals surface area contributed by atoms with Gasteiger partial charge in [-0.3, -0.25) is 9.59 Å². The van der Waals surface area contributed by atoms with Gasteiger partial charge < -0.3 is 15.2 Å². The van der Waals surface area contributed by atoms with E-state index in [2.05, 4.69) is 5.32 Å². The summed E-state index contributed by atoms with van der Waals surface area (Å²) < 4.78 is 5.24. The summed E-state index contributed by atoms with van der Waals surface area (Å²) in [6.45, 7) is 3.82. The standard InChI is InChI=1S/C20H27NO5S/c1-3-26-20(25)16-12-8-4-5-10-14(12)27-18(16)21-17(22)13-9-6-7-11(2)15(13)19(23)24/h7,12-15H,3-6,8-10H2,1-2H3,(H,21,22)(H,23,24)/t12-,13-,14-,15+/m1/s1. The average molecular weight is 394 g/mol. The molecule has 27 heavy (non-hydrogen) atoms. The van der Waals surface area contributed by atoms with Crippen LogP contribution in [-0.2, 0) is 19.1 Å². The minimum absolute atomic E-state index is 0.112. The molecular weight excluding hydrogens is 366 g/mol. The normalized spacial score (nSPS) is 30.4. The maximum absolute atomic E-state index is 12.9. The molecule has 6 nitrogen and oxygen atoms in total. The van der Waals surface area contributed by atoms with Crippen LogP contribution in [0.1, 0.15) is 52.4 Å². The first-order valence-electron chi connectivity index (χ1n) is 9.72. The second-order valence-corrected chi connectivity index (χ2v) is 8.70. The fraction of sp³-hybridized carbons (Fsp3) is 0.650. The molecule has 0 radical (unpaired) electrons. The van der Waals surface area contributed by atoms with Crippen LogP contribution >= 0.6 is 11.8 Å². The number of thioether (sulfide) groups is 1. The van der Waals surface area contributed by atoms with E-state index in [9.17, 15) is 19.5 Å². The Balaban J connectivity index is 1.83. The van der Waals surface area contributed by atoms with E-state index < -0.39 is 17.8 Å². The lowest BCUT2D eigenvalue weighted by molar-refractivity contribution is -0.146. The number of rotatable bonds is 5. The van der Waals surface area contributed by atoms with Gasteiger partial charge in [-0.25, -0.2) is 4.79 Å². The number of nitrogens with one attached hydrogen (secondary N) is 1. The number of carboxylic acids is 1. The zero-order valence-corrected chi connectivity index (χ0v) is 16.6. The highest BCUT2D eigenvalue weighted by Gasteiger charge is 2.43. The Hall–Kier alpha value is -1.76. The van der Waals surface area contributed by atoms with Gasteiger partial charge in [0.1, 0.15) is 0 Å². The van der Waals surface area contributed by atoms with Crippen molar-refractivity contribution in [2.24, 2.45) is 17.8 Å². The molecule has 7 heteroatoms. The Morgan fingerprint density at radius 2 is 2.00 bits per heavy atom. The summed E-state index contributed by atoms with van der Waals surface area (Å²) in [4.78, 5) is 37.2. The highest BCUT2D eigenvalue weighted by atomic mass is 32.2. The largest absolute Gasteiger partial charge is 0.481 e. The molecule has 1 heterocycles. The molecule has 1 aliphatic heterocycles. The Bertz CT molecular complexity index is 698. The third-order valence-electron chi connectivity index (χ3n) is 5.76. The van der Waals surface area contributed by atoms with Crippen molar-refractivity contribution in [2.45, 2.75) is 57.6 Å². The molecule has 3 aliphatic rings. The molecule has 0 unspecified atom stereocenters. The van der Waals surface area contributed by atoms with Crippen LogP contribution in [0.2, 0.25) is 0 Å². The van der Waals surface area contributed by atoms with Gasteiger partial charge in [0.25, 0.3) is 0 Å². The summed E-state index contributed by atoms with van der Waals surface area (Å²) in [6.07, 6.45) is 7.22. The first-order valence-corrected chi connectivity index (χ1v) is 10.6. The van der Waals surface area contributed by atoms with Gasteiger partial charge in [-0.05, 0) is 39.5 Å². The van der Waals surface area contributed by atoms with Crippen LogP contribution in [-0.4, -0.2) is 34.8 Å². The number of ether oxygens (including phenoxy) is 1. The number of carbonyl (C=O) groups excluding carboxylic acids is 2. The molecule has 2 aliphatic carbocycles. The molecule has 0 aromatic rings. The molecule has 3 rings (SSSR count). The SMILES string of the molecule is CCOC(=O)C1=C(NC(=O)[C@@H]2CCC=C(C)[C@@H]2C(=O)O)S[C@@H]2CCCC[C@@H]12. The zero-order valence-electron chi connectivity index (χ0n) is 15.8. The van der Waals surface area contributed by atoms with Gasteiger partial charge in [0.15, 0.2) is 0 Å². The Morgan fingerprint density at radius 3 is 2.70 bits per heavy atom. The third-order valence-corrected chi connectivity index (χ3v) is 7.18. The summed E-state index contributed by atoms with van der Waals surface area (Å²) >= 11 is 1.54. The van der Waals surface area contributed by atoms with Crippen molar-refractivity contribution in [2.75, 3.05) is 6.61 Å². The molecular formula is C20H27NO5S. The van der Waals surface area contributed by atoms with E-state index in [1.54, 1.807) is 25.6 Å². The maximum Gasteiger partial charge on any atom is 0.336 e. The van der Waals surface area contributed by atoms with Crippen molar-refractivity contribution in [1.29, 1.82) is 0 Å². The fourth-order valence-corrected chi connectivity index (χ4v) is 6.00. The van der Waals surface area contributed by atoms with Crippen LogP contribution in [0.5, 0.6) is 0 Å². The van der Waals surface area contributed by atoms with Crippen LogP contribution in [0.25, 0.3) is 0 Å². The van der Waals surface area contributed by atoms with Crippen molar-refractivity contribution in [3.63, 3.8) is 0 Å². The van der Waals surface area contributed by atoms with Gasteiger partial charge in [0.05, 0.1) is 29.0 Å². The maximum atomic E-state index is 12.9. The predicted octanol–water partition coefficient (Wildman–Crippen LogP) is 3.24. The number of amides is 1. The molecule has 1 fully saturated rings. The number of carboxylic acid groups (broad SMARTS) is 1. The number of fused-ring (bicyclic) bond motifs is 1. The zero-order chi connectivity index (χ0) is 19.6. The van der Waals surface area contributed by atoms with Crippen LogP contribution in [0.15, 0.2) is 22.3 Å². The predicted molar refractivity (Wildman–Crippen MR) is 103 cm³/mol. The smallest absolute Gasteiger partial charge is 0.336 e. The lowest BCUT2D eigenvalue weighted by Gasteiger charge is -2.27. The highest BCUT2D eigenvalue weighted by molar-refractivity contribution is 8.04. The van der Waals surface area contributed by atoms with Crippen LogP contribution in [0.3, 0.4) is 0 Å². The van der Waals surface area contributed by atoms with Gasteiger partial charge in [-0.2, -0.15) is 0 Å². The monoisotopic (exact) mass is 393 g/mol. The first kappa shape index (κ1) is 20.0. The lowest BCUT2D eigenvalue weighted by Crippen LogP contribution is -2.39. The second kappa shape index (κ2) is 8.50. The van der Waals surface area contributed by atoms with E-state index in [4.69, 9.17) is 4.74 Å². The van der Waals surface area contributed by atoms with Gasteiger partial charge >= 0.3 is 11.9 Å². The van der Waals surface area contributed by atoms with E-state index >= 15 is 0 Å². The van der Waals surface area contributed by atoms with Crippen molar-refractivity contribution < 1.29 is 24.2 Å². The molecule has 0 aromatic carbocycles. The molecule has 0 aromatic heterocycles. The van der Waals surface area contributed by atoms with Crippen LogP contribution < -0.4 is 5.32 Å². The number of aliphatic carboxylic acids is 1. The van der Waals surface area contributed by atoms with E-state index in [1.807, 2.05) is 6.08 Å². The van der Waals surface area contributed by atoms with E-state index in [-0.39, 0.29) is 23.0 Å². The molecule has 0 saturated heterocycles. The number of hydrogen-bond acceptors (Lipinski definition) is 5. The highest BCUT2D eigenvalue weighted by Crippen LogP contribution is 2.48. The van der Waals surface area contributed by atoms with E-state index in [0.29, 0.717) is 30.1 Å². The third kappa shape index (κ3) is 4.08. The first-order chi connectivity index (χ1) is 12.9. The van der Waals surface area contributed by atoms with Gasteiger partial charge in [0, 0.05) is 11.2 Å². The fourth-order valence-electron chi connectivity index (χ4n) is 4.46. The quantitative estimate of drug-likeness (QED) is 0.550. The molecule has 0 bridgehead atoms. The molecule has 0 spiro atoms.